The summed E-state index contributed by atoms with van der Waals surface area (Å²) in [5.41, 5.74) is 5.37. The van der Waals surface area contributed by atoms with Crippen LogP contribution < -0.4 is 5.32 Å². The second-order valence-electron chi connectivity index (χ2n) is 11.1. The van der Waals surface area contributed by atoms with Gasteiger partial charge in [0.25, 0.3) is 11.8 Å². The maximum absolute atomic E-state index is 13.5. The monoisotopic (exact) mass is 610 g/mol. The molecule has 7 nitrogen and oxygen atoms in total. The number of rotatable bonds is 7. The summed E-state index contributed by atoms with van der Waals surface area (Å²) < 4.78 is 13.3. The lowest BCUT2D eigenvalue weighted by molar-refractivity contribution is -0.110. The number of H-pyrrole nitrogens is 1. The topological polar surface area (TPSA) is 85.5 Å². The molecule has 1 aromatic heterocycles. The molecule has 2 amide bonds. The van der Waals surface area contributed by atoms with Crippen molar-refractivity contribution in [1.29, 1.82) is 0 Å². The molecule has 41 heavy (non-hydrogen) atoms. The summed E-state index contributed by atoms with van der Waals surface area (Å²) >= 11 is 12.6. The molecule has 0 radical (unpaired) electrons. The van der Waals surface area contributed by atoms with Crippen molar-refractivity contribution in [3.05, 3.63) is 80.1 Å². The van der Waals surface area contributed by atoms with Gasteiger partial charge in [0.15, 0.2) is 0 Å². The molecule has 214 valence electrons. The summed E-state index contributed by atoms with van der Waals surface area (Å²) in [5.74, 6) is 0.784. The molecule has 1 unspecified atom stereocenters. The first-order valence-corrected chi connectivity index (χ1v) is 16.0. The number of hydrogen-bond donors (Lipinski definition) is 2. The zero-order chi connectivity index (χ0) is 28.8. The number of aryl methyl sites for hydroxylation is 1. The van der Waals surface area contributed by atoms with E-state index in [2.05, 4.69) is 15.2 Å². The second-order valence-corrected chi connectivity index (χ2v) is 13.4. The van der Waals surface area contributed by atoms with Crippen LogP contribution in [0, 0.1) is 19.8 Å². The highest BCUT2D eigenvalue weighted by molar-refractivity contribution is 7.84. The van der Waals surface area contributed by atoms with E-state index in [1.165, 1.54) is 12.8 Å². The number of aromatic nitrogens is 1. The van der Waals surface area contributed by atoms with Gasteiger partial charge in [-0.25, -0.2) is 0 Å². The summed E-state index contributed by atoms with van der Waals surface area (Å²) in [7, 11) is -1.43. The molecular formula is C31H32Cl2N4O3S. The zero-order valence-electron chi connectivity index (χ0n) is 23.1. The van der Waals surface area contributed by atoms with E-state index in [-0.39, 0.29) is 17.6 Å². The highest BCUT2D eigenvalue weighted by atomic mass is 35.5. The molecule has 1 aliphatic carbocycles. The molecule has 1 atom stereocenters. The van der Waals surface area contributed by atoms with Crippen molar-refractivity contribution in [3.8, 4) is 0 Å². The minimum atomic E-state index is -1.43. The van der Waals surface area contributed by atoms with Gasteiger partial charge in [0.05, 0.1) is 27.7 Å². The van der Waals surface area contributed by atoms with Crippen molar-refractivity contribution in [2.45, 2.75) is 37.3 Å². The number of nitrogens with one attached hydrogen (secondary N) is 2. The van der Waals surface area contributed by atoms with Crippen molar-refractivity contribution >= 4 is 63.2 Å². The van der Waals surface area contributed by atoms with Crippen molar-refractivity contribution < 1.29 is 13.8 Å². The maximum atomic E-state index is 13.5. The van der Waals surface area contributed by atoms with Crippen LogP contribution in [0.5, 0.6) is 0 Å². The van der Waals surface area contributed by atoms with Crippen LogP contribution in [0.15, 0.2) is 41.3 Å². The van der Waals surface area contributed by atoms with E-state index in [0.29, 0.717) is 48.6 Å². The maximum Gasteiger partial charge on any atom is 0.256 e. The summed E-state index contributed by atoms with van der Waals surface area (Å²) in [4.78, 5) is 34.9. The lowest BCUT2D eigenvalue weighted by Crippen LogP contribution is -2.49. The number of piperazine rings is 1. The van der Waals surface area contributed by atoms with Gasteiger partial charge in [-0.3, -0.25) is 18.7 Å². The van der Waals surface area contributed by atoms with Crippen LogP contribution in [0.25, 0.3) is 11.6 Å². The number of anilines is 1. The fourth-order valence-electron chi connectivity index (χ4n) is 5.68. The van der Waals surface area contributed by atoms with E-state index >= 15 is 0 Å². The number of carbonyl (C=O) groups excluding carboxylic acids is 2. The molecule has 0 bridgehead atoms. The van der Waals surface area contributed by atoms with Gasteiger partial charge in [-0.05, 0) is 74.6 Å². The molecule has 0 spiro atoms. The van der Waals surface area contributed by atoms with E-state index < -0.39 is 10.8 Å². The molecule has 2 aliphatic heterocycles. The SMILES string of the molecule is Cc1[nH]c(/C=C2\C(=O)Nc3ccc(S(=O)Cc4c(Cl)cccc4Cl)cc32)c(C)c1C(=O)N1CCN(CC2CC2)CC1. The predicted octanol–water partition coefficient (Wildman–Crippen LogP) is 5.91. The number of halogens is 2. The van der Waals surface area contributed by atoms with Crippen molar-refractivity contribution in [1.82, 2.24) is 14.8 Å². The van der Waals surface area contributed by atoms with Crippen LogP contribution >= 0.6 is 23.2 Å². The third-order valence-electron chi connectivity index (χ3n) is 8.23. The number of nitrogens with zero attached hydrogens (tertiary/aromatic N) is 2. The Morgan fingerprint density at radius 1 is 1.07 bits per heavy atom. The number of carbonyl (C=O) groups is 2. The van der Waals surface area contributed by atoms with E-state index in [1.54, 1.807) is 42.5 Å². The standard InChI is InChI=1S/C31H32Cl2N4O3S/c1-18-28(34-19(2)29(18)31(39)37-12-10-36(11-13-37)16-20-6-7-20)15-23-22-14-21(8-9-27(22)35-30(23)38)41(40)17-24-25(32)4-3-5-26(24)33/h3-5,8-9,14-15,20,34H,6-7,10-13,16-17H2,1-2H3,(H,35,38)/b23-15-. The first-order chi connectivity index (χ1) is 19.7. The largest absolute Gasteiger partial charge is 0.358 e. The normalized spacial score (nSPS) is 19.0. The van der Waals surface area contributed by atoms with Gasteiger partial charge in [-0.1, -0.05) is 29.3 Å². The van der Waals surface area contributed by atoms with Gasteiger partial charge in [-0.2, -0.15) is 0 Å². The summed E-state index contributed by atoms with van der Waals surface area (Å²) in [6.07, 6.45) is 4.45. The van der Waals surface area contributed by atoms with Crippen molar-refractivity contribution in [2.24, 2.45) is 5.92 Å². The fourth-order valence-corrected chi connectivity index (χ4v) is 7.58. The smallest absolute Gasteiger partial charge is 0.256 e. The van der Waals surface area contributed by atoms with E-state index in [9.17, 15) is 13.8 Å². The second kappa shape index (κ2) is 11.4. The van der Waals surface area contributed by atoms with Crippen molar-refractivity contribution in [3.63, 3.8) is 0 Å². The Kier molecular flexibility index (Phi) is 7.85. The van der Waals surface area contributed by atoms with Crippen LogP contribution in [-0.2, 0) is 21.3 Å². The quantitative estimate of drug-likeness (QED) is 0.326. The minimum absolute atomic E-state index is 0.0270. The molecule has 2 aromatic carbocycles. The molecule has 6 rings (SSSR count). The number of fused-ring (bicyclic) bond motifs is 1. The van der Waals surface area contributed by atoms with Gasteiger partial charge in [0.1, 0.15) is 0 Å². The van der Waals surface area contributed by atoms with Gasteiger partial charge in [0, 0.05) is 75.9 Å². The van der Waals surface area contributed by atoms with E-state index in [0.717, 1.165) is 49.9 Å². The Morgan fingerprint density at radius 2 is 1.78 bits per heavy atom. The summed E-state index contributed by atoms with van der Waals surface area (Å²) in [6.45, 7) is 8.22. The number of aromatic amines is 1. The van der Waals surface area contributed by atoms with Gasteiger partial charge in [0.2, 0.25) is 0 Å². The molecule has 1 saturated carbocycles. The van der Waals surface area contributed by atoms with Crippen molar-refractivity contribution in [2.75, 3.05) is 38.0 Å². The zero-order valence-corrected chi connectivity index (χ0v) is 25.4. The average Bonchev–Trinajstić information content (AvgIpc) is 3.65. The Balaban J connectivity index is 1.23. The molecule has 3 aromatic rings. The van der Waals surface area contributed by atoms with Gasteiger partial charge >= 0.3 is 0 Å². The van der Waals surface area contributed by atoms with Crippen LogP contribution in [-0.4, -0.2) is 63.5 Å². The van der Waals surface area contributed by atoms with Crippen LogP contribution in [0.4, 0.5) is 5.69 Å². The molecule has 10 heteroatoms. The number of benzene rings is 2. The summed E-state index contributed by atoms with van der Waals surface area (Å²) in [5, 5.41) is 3.83. The number of amides is 2. The Bertz CT molecular complexity index is 1580. The predicted molar refractivity (Wildman–Crippen MR) is 165 cm³/mol. The van der Waals surface area contributed by atoms with Gasteiger partial charge < -0.3 is 15.2 Å². The van der Waals surface area contributed by atoms with Crippen LogP contribution in [0.3, 0.4) is 0 Å². The van der Waals surface area contributed by atoms with Crippen LogP contribution in [0.1, 0.15) is 51.3 Å². The molecule has 1 saturated heterocycles. The highest BCUT2D eigenvalue weighted by Crippen LogP contribution is 2.36. The molecular weight excluding hydrogens is 579 g/mol. The summed E-state index contributed by atoms with van der Waals surface area (Å²) in [6, 6.07) is 10.5. The Morgan fingerprint density at radius 3 is 2.46 bits per heavy atom. The van der Waals surface area contributed by atoms with E-state index in [4.69, 9.17) is 23.2 Å². The Hall–Kier alpha value is -2.91. The first kappa shape index (κ1) is 28.2. The average molecular weight is 612 g/mol. The minimum Gasteiger partial charge on any atom is -0.358 e. The third-order valence-corrected chi connectivity index (χ3v) is 10.3. The molecule has 3 aliphatic rings. The van der Waals surface area contributed by atoms with Crippen LogP contribution in [0.2, 0.25) is 10.0 Å². The molecule has 2 fully saturated rings. The van der Waals surface area contributed by atoms with Gasteiger partial charge in [-0.15, -0.1) is 0 Å². The first-order valence-electron chi connectivity index (χ1n) is 13.9. The number of hydrogen-bond acceptors (Lipinski definition) is 4. The lowest BCUT2D eigenvalue weighted by Gasteiger charge is -2.35. The van der Waals surface area contributed by atoms with E-state index in [1.807, 2.05) is 18.7 Å². The molecule has 3 heterocycles. The third kappa shape index (κ3) is 5.75. The lowest BCUT2D eigenvalue weighted by atomic mass is 10.0. The fraction of sp³-hybridized carbons (Fsp3) is 0.355. The highest BCUT2D eigenvalue weighted by Gasteiger charge is 2.31. The molecule has 2 N–H and O–H groups in total. The Labute approximate surface area is 252 Å².